The van der Waals surface area contributed by atoms with E-state index in [0.29, 0.717) is 12.6 Å². The number of thiophene rings is 1. The Bertz CT molecular complexity index is 719. The van der Waals surface area contributed by atoms with Gasteiger partial charge in [-0.05, 0) is 24.8 Å². The van der Waals surface area contributed by atoms with Crippen LogP contribution in [0.5, 0.6) is 0 Å². The summed E-state index contributed by atoms with van der Waals surface area (Å²) in [6, 6.07) is 4.35. The number of carbonyl (C=O) groups is 1. The second-order valence-corrected chi connectivity index (χ2v) is 7.70. The van der Waals surface area contributed by atoms with E-state index in [0.717, 1.165) is 37.5 Å². The molecule has 0 radical (unpaired) electrons. The topological polar surface area (TPSA) is 67.4 Å². The van der Waals surface area contributed by atoms with Gasteiger partial charge in [-0.3, -0.25) is 9.69 Å². The number of aryl methyl sites for hydroxylation is 1. The summed E-state index contributed by atoms with van der Waals surface area (Å²) in [5.74, 6) is 0.755. The van der Waals surface area contributed by atoms with E-state index >= 15 is 0 Å². The van der Waals surface area contributed by atoms with Crippen molar-refractivity contribution in [1.82, 2.24) is 20.2 Å². The van der Waals surface area contributed by atoms with Gasteiger partial charge in [0.25, 0.3) is 0 Å². The monoisotopic (exact) mass is 358 g/mol. The average molecular weight is 358 g/mol. The highest BCUT2D eigenvalue weighted by atomic mass is 32.1. The van der Waals surface area contributed by atoms with Gasteiger partial charge in [-0.1, -0.05) is 6.07 Å². The number of aromatic nitrogens is 2. The quantitative estimate of drug-likeness (QED) is 0.882. The molecule has 2 aliphatic heterocycles. The van der Waals surface area contributed by atoms with E-state index in [4.69, 9.17) is 4.74 Å². The molecule has 1 N–H and O–H groups in total. The fourth-order valence-corrected chi connectivity index (χ4v) is 4.38. The molecule has 7 heteroatoms. The van der Waals surface area contributed by atoms with Gasteiger partial charge in [0.05, 0.1) is 18.6 Å². The van der Waals surface area contributed by atoms with Crippen LogP contribution in [0.1, 0.15) is 22.7 Å². The SMILES string of the molecule is Cc1ncc(CN2C[C@H](C(=O)NCc3cccs3)[C@H]3OCC[C@H]32)cn1. The van der Waals surface area contributed by atoms with Crippen LogP contribution in [0, 0.1) is 12.8 Å². The minimum atomic E-state index is -0.112. The lowest BCUT2D eigenvalue weighted by Crippen LogP contribution is -2.37. The minimum absolute atomic E-state index is 0.00491. The smallest absolute Gasteiger partial charge is 0.227 e. The highest BCUT2D eigenvalue weighted by Gasteiger charge is 2.48. The van der Waals surface area contributed by atoms with E-state index in [9.17, 15) is 4.79 Å². The number of nitrogens with zero attached hydrogens (tertiary/aromatic N) is 3. The van der Waals surface area contributed by atoms with Crippen molar-refractivity contribution in [2.45, 2.75) is 38.6 Å². The Morgan fingerprint density at radius 1 is 1.44 bits per heavy atom. The van der Waals surface area contributed by atoms with Gasteiger partial charge in [-0.15, -0.1) is 11.3 Å². The van der Waals surface area contributed by atoms with Crippen molar-refractivity contribution >= 4 is 17.2 Å². The van der Waals surface area contributed by atoms with Crippen molar-refractivity contribution in [1.29, 1.82) is 0 Å². The van der Waals surface area contributed by atoms with Gasteiger partial charge >= 0.3 is 0 Å². The molecule has 0 spiro atoms. The summed E-state index contributed by atoms with van der Waals surface area (Å²) >= 11 is 1.66. The molecule has 2 fully saturated rings. The molecule has 2 aliphatic rings. The number of hydrogen-bond donors (Lipinski definition) is 1. The molecule has 2 saturated heterocycles. The number of amides is 1. The van der Waals surface area contributed by atoms with Crippen LogP contribution in [0.2, 0.25) is 0 Å². The predicted octanol–water partition coefficient (Wildman–Crippen LogP) is 1.75. The van der Waals surface area contributed by atoms with Crippen molar-refractivity contribution in [3.05, 3.63) is 46.2 Å². The Hall–Kier alpha value is -1.83. The van der Waals surface area contributed by atoms with Crippen LogP contribution in [-0.4, -0.2) is 46.1 Å². The fraction of sp³-hybridized carbons (Fsp3) is 0.500. The zero-order valence-corrected chi connectivity index (χ0v) is 15.0. The summed E-state index contributed by atoms with van der Waals surface area (Å²) in [5.41, 5.74) is 1.08. The largest absolute Gasteiger partial charge is 0.376 e. The lowest BCUT2D eigenvalue weighted by atomic mass is 10.0. The number of ether oxygens (including phenoxy) is 1. The summed E-state index contributed by atoms with van der Waals surface area (Å²) in [6.07, 6.45) is 4.72. The molecule has 25 heavy (non-hydrogen) atoms. The highest BCUT2D eigenvalue weighted by molar-refractivity contribution is 7.09. The van der Waals surface area contributed by atoms with Crippen molar-refractivity contribution in [2.75, 3.05) is 13.2 Å². The normalized spacial score (nSPS) is 25.9. The van der Waals surface area contributed by atoms with E-state index in [1.54, 1.807) is 11.3 Å². The standard InChI is InChI=1S/C18H22N4O2S/c1-12-19-7-13(8-20-12)10-22-11-15(17-16(22)4-5-24-17)18(23)21-9-14-3-2-6-25-14/h2-3,6-8,15-17H,4-5,9-11H2,1H3,(H,21,23)/t15-,16+,17+/m0/s1. The van der Waals surface area contributed by atoms with Crippen LogP contribution in [0.3, 0.4) is 0 Å². The van der Waals surface area contributed by atoms with E-state index < -0.39 is 0 Å². The molecule has 1 amide bonds. The molecule has 3 atom stereocenters. The molecule has 4 heterocycles. The maximum absolute atomic E-state index is 12.7. The van der Waals surface area contributed by atoms with Crippen LogP contribution >= 0.6 is 11.3 Å². The number of fused-ring (bicyclic) bond motifs is 1. The van der Waals surface area contributed by atoms with Crippen LogP contribution in [0.4, 0.5) is 0 Å². The second kappa shape index (κ2) is 7.19. The van der Waals surface area contributed by atoms with Gasteiger partial charge in [0.15, 0.2) is 0 Å². The maximum Gasteiger partial charge on any atom is 0.227 e. The predicted molar refractivity (Wildman–Crippen MR) is 95.0 cm³/mol. The number of nitrogens with one attached hydrogen (secondary N) is 1. The molecule has 0 bridgehead atoms. The summed E-state index contributed by atoms with van der Waals surface area (Å²) in [7, 11) is 0. The van der Waals surface area contributed by atoms with E-state index in [1.165, 1.54) is 4.88 Å². The number of rotatable bonds is 5. The molecule has 4 rings (SSSR count). The lowest BCUT2D eigenvalue weighted by molar-refractivity contribution is -0.127. The lowest BCUT2D eigenvalue weighted by Gasteiger charge is -2.21. The van der Waals surface area contributed by atoms with Gasteiger partial charge in [0, 0.05) is 48.6 Å². The molecule has 6 nitrogen and oxygen atoms in total. The zero-order chi connectivity index (χ0) is 17.2. The van der Waals surface area contributed by atoms with Crippen molar-refractivity contribution in [3.8, 4) is 0 Å². The first-order valence-corrected chi connectivity index (χ1v) is 9.52. The van der Waals surface area contributed by atoms with Gasteiger partial charge < -0.3 is 10.1 Å². The van der Waals surface area contributed by atoms with Crippen LogP contribution in [0.25, 0.3) is 0 Å². The van der Waals surface area contributed by atoms with Crippen molar-refractivity contribution in [3.63, 3.8) is 0 Å². The summed E-state index contributed by atoms with van der Waals surface area (Å²) < 4.78 is 5.90. The van der Waals surface area contributed by atoms with Crippen molar-refractivity contribution in [2.24, 2.45) is 5.92 Å². The Balaban J connectivity index is 1.41. The van der Waals surface area contributed by atoms with E-state index in [-0.39, 0.29) is 17.9 Å². The van der Waals surface area contributed by atoms with Crippen molar-refractivity contribution < 1.29 is 9.53 Å². The Morgan fingerprint density at radius 2 is 2.28 bits per heavy atom. The first-order chi connectivity index (χ1) is 12.2. The maximum atomic E-state index is 12.7. The van der Waals surface area contributed by atoms with Crippen LogP contribution in [0.15, 0.2) is 29.9 Å². The first-order valence-electron chi connectivity index (χ1n) is 8.64. The molecule has 2 aromatic heterocycles. The van der Waals surface area contributed by atoms with E-state index in [1.807, 2.05) is 36.8 Å². The fourth-order valence-electron chi connectivity index (χ4n) is 3.73. The van der Waals surface area contributed by atoms with Crippen LogP contribution < -0.4 is 5.32 Å². The molecule has 0 unspecified atom stereocenters. The first kappa shape index (κ1) is 16.6. The summed E-state index contributed by atoms with van der Waals surface area (Å²) in [6.45, 7) is 4.69. The molecular formula is C18H22N4O2S. The third-order valence-electron chi connectivity index (χ3n) is 4.97. The third-order valence-corrected chi connectivity index (χ3v) is 5.85. The number of carbonyl (C=O) groups excluding carboxylic acids is 1. The average Bonchev–Trinajstić information content (AvgIpc) is 3.33. The van der Waals surface area contributed by atoms with Gasteiger partial charge in [0.2, 0.25) is 5.91 Å². The minimum Gasteiger partial charge on any atom is -0.376 e. The highest BCUT2D eigenvalue weighted by Crippen LogP contribution is 2.34. The molecule has 132 valence electrons. The zero-order valence-electron chi connectivity index (χ0n) is 14.2. The number of hydrogen-bond acceptors (Lipinski definition) is 6. The number of likely N-dealkylation sites (tertiary alicyclic amines) is 1. The molecule has 2 aromatic rings. The summed E-state index contributed by atoms with van der Waals surface area (Å²) in [5, 5.41) is 5.10. The molecular weight excluding hydrogens is 336 g/mol. The second-order valence-electron chi connectivity index (χ2n) is 6.66. The third kappa shape index (κ3) is 3.58. The Labute approximate surface area is 151 Å². The van der Waals surface area contributed by atoms with Gasteiger partial charge in [-0.2, -0.15) is 0 Å². The molecule has 0 saturated carbocycles. The van der Waals surface area contributed by atoms with Crippen LogP contribution in [-0.2, 0) is 22.6 Å². The van der Waals surface area contributed by atoms with E-state index in [2.05, 4.69) is 20.2 Å². The Morgan fingerprint density at radius 3 is 3.04 bits per heavy atom. The molecule has 0 aliphatic carbocycles. The Kier molecular flexibility index (Phi) is 4.78. The van der Waals surface area contributed by atoms with Gasteiger partial charge in [-0.25, -0.2) is 9.97 Å². The van der Waals surface area contributed by atoms with Gasteiger partial charge in [0.1, 0.15) is 5.82 Å². The summed E-state index contributed by atoms with van der Waals surface area (Å²) in [4.78, 5) is 24.7. The molecule has 0 aromatic carbocycles.